The van der Waals surface area contributed by atoms with Gasteiger partial charge in [0.15, 0.2) is 0 Å². The van der Waals surface area contributed by atoms with Gasteiger partial charge < -0.3 is 5.32 Å². The predicted molar refractivity (Wildman–Crippen MR) is 56.3 cm³/mol. The molecule has 1 rings (SSSR count). The Bertz CT molecular complexity index is 266. The van der Waals surface area contributed by atoms with Crippen LogP contribution in [0.1, 0.15) is 19.8 Å². The first-order valence-corrected chi connectivity index (χ1v) is 6.46. The molecule has 0 bridgehead atoms. The first-order chi connectivity index (χ1) is 6.60. The smallest absolute Gasteiger partial charge is 0.279 e. The lowest BCUT2D eigenvalue weighted by molar-refractivity contribution is 0.453. The van der Waals surface area contributed by atoms with E-state index in [0.717, 1.165) is 12.8 Å². The van der Waals surface area contributed by atoms with Gasteiger partial charge in [0.2, 0.25) is 0 Å². The summed E-state index contributed by atoms with van der Waals surface area (Å²) in [5, 5.41) is 3.09. The second-order valence-electron chi connectivity index (χ2n) is 3.53. The number of nitrogens with zero attached hydrogens (tertiary/aromatic N) is 1. The standard InChI is InChI=1S/C8H19N3O2S/c1-3-5-10-14(12,13)11-6-4-8(7-11)9-2/h8-10H,3-7H2,1-2H3. The zero-order chi connectivity index (χ0) is 10.6. The molecule has 0 aromatic heterocycles. The summed E-state index contributed by atoms with van der Waals surface area (Å²) in [5.41, 5.74) is 0. The number of nitrogens with one attached hydrogen (secondary N) is 2. The van der Waals surface area contributed by atoms with Gasteiger partial charge in [-0.25, -0.2) is 4.72 Å². The van der Waals surface area contributed by atoms with Crippen LogP contribution < -0.4 is 10.0 Å². The second kappa shape index (κ2) is 5.06. The topological polar surface area (TPSA) is 61.4 Å². The van der Waals surface area contributed by atoms with Crippen molar-refractivity contribution in [2.24, 2.45) is 0 Å². The van der Waals surface area contributed by atoms with Gasteiger partial charge in [0.05, 0.1) is 0 Å². The lowest BCUT2D eigenvalue weighted by Crippen LogP contribution is -2.41. The Kier molecular flexibility index (Phi) is 4.31. The Hall–Kier alpha value is -0.170. The van der Waals surface area contributed by atoms with E-state index in [2.05, 4.69) is 10.0 Å². The van der Waals surface area contributed by atoms with E-state index in [1.807, 2.05) is 14.0 Å². The maximum Gasteiger partial charge on any atom is 0.279 e. The molecular weight excluding hydrogens is 202 g/mol. The second-order valence-corrected chi connectivity index (χ2v) is 5.29. The number of hydrogen-bond donors (Lipinski definition) is 2. The largest absolute Gasteiger partial charge is 0.316 e. The SMILES string of the molecule is CCCNS(=O)(=O)N1CCC(NC)C1. The summed E-state index contributed by atoms with van der Waals surface area (Å²) >= 11 is 0. The van der Waals surface area contributed by atoms with Crippen LogP contribution in [0, 0.1) is 0 Å². The van der Waals surface area contributed by atoms with Crippen LogP contribution in [0.15, 0.2) is 0 Å². The molecule has 84 valence electrons. The van der Waals surface area contributed by atoms with Crippen LogP contribution >= 0.6 is 0 Å². The van der Waals surface area contributed by atoms with Gasteiger partial charge in [0.25, 0.3) is 10.2 Å². The lowest BCUT2D eigenvalue weighted by atomic mass is 10.3. The van der Waals surface area contributed by atoms with Crippen molar-refractivity contribution >= 4 is 10.2 Å². The molecule has 5 nitrogen and oxygen atoms in total. The predicted octanol–water partition coefficient (Wildman–Crippen LogP) is -0.475. The fraction of sp³-hybridized carbons (Fsp3) is 1.00. The molecule has 6 heteroatoms. The van der Waals surface area contributed by atoms with E-state index in [4.69, 9.17) is 0 Å². The van der Waals surface area contributed by atoms with Crippen molar-refractivity contribution in [3.8, 4) is 0 Å². The van der Waals surface area contributed by atoms with Crippen LogP contribution in [0.2, 0.25) is 0 Å². The van der Waals surface area contributed by atoms with Gasteiger partial charge in [-0.3, -0.25) is 0 Å². The average Bonchev–Trinajstić information content (AvgIpc) is 2.63. The summed E-state index contributed by atoms with van der Waals surface area (Å²) < 4.78 is 27.3. The summed E-state index contributed by atoms with van der Waals surface area (Å²) in [5.74, 6) is 0. The summed E-state index contributed by atoms with van der Waals surface area (Å²) in [6.45, 7) is 3.66. The van der Waals surface area contributed by atoms with E-state index >= 15 is 0 Å². The molecular formula is C8H19N3O2S. The van der Waals surface area contributed by atoms with Crippen LogP contribution in [0.25, 0.3) is 0 Å². The summed E-state index contributed by atoms with van der Waals surface area (Å²) in [4.78, 5) is 0. The zero-order valence-electron chi connectivity index (χ0n) is 8.78. The molecule has 0 saturated carbocycles. The molecule has 0 spiro atoms. The van der Waals surface area contributed by atoms with Gasteiger partial charge in [-0.05, 0) is 19.9 Å². The molecule has 0 aliphatic carbocycles. The molecule has 14 heavy (non-hydrogen) atoms. The van der Waals surface area contributed by atoms with Crippen molar-refractivity contribution in [2.45, 2.75) is 25.8 Å². The van der Waals surface area contributed by atoms with Crippen molar-refractivity contribution in [2.75, 3.05) is 26.7 Å². The van der Waals surface area contributed by atoms with Crippen LogP contribution in [0.3, 0.4) is 0 Å². The van der Waals surface area contributed by atoms with Gasteiger partial charge in [-0.15, -0.1) is 0 Å². The monoisotopic (exact) mass is 221 g/mol. The summed E-state index contributed by atoms with van der Waals surface area (Å²) in [7, 11) is -1.36. The Morgan fingerprint density at radius 3 is 2.71 bits per heavy atom. The Balaban J connectivity index is 2.49. The van der Waals surface area contributed by atoms with Gasteiger partial charge in [-0.2, -0.15) is 12.7 Å². The highest BCUT2D eigenvalue weighted by atomic mass is 32.2. The molecule has 0 aromatic carbocycles. The normalized spacial score (nSPS) is 24.3. The van der Waals surface area contributed by atoms with Crippen molar-refractivity contribution in [1.29, 1.82) is 0 Å². The minimum absolute atomic E-state index is 0.299. The van der Waals surface area contributed by atoms with E-state index in [9.17, 15) is 8.42 Å². The molecule has 1 unspecified atom stereocenters. The van der Waals surface area contributed by atoms with Crippen LogP contribution in [0.4, 0.5) is 0 Å². The third-order valence-corrected chi connectivity index (χ3v) is 4.01. The molecule has 1 atom stereocenters. The quantitative estimate of drug-likeness (QED) is 0.659. The van der Waals surface area contributed by atoms with Crippen LogP contribution in [0.5, 0.6) is 0 Å². The molecule has 0 radical (unpaired) electrons. The first-order valence-electron chi connectivity index (χ1n) is 5.02. The molecule has 1 aliphatic heterocycles. The van der Waals surface area contributed by atoms with E-state index in [1.54, 1.807) is 0 Å². The highest BCUT2D eigenvalue weighted by Gasteiger charge is 2.29. The van der Waals surface area contributed by atoms with Gasteiger partial charge in [0, 0.05) is 25.7 Å². The Morgan fingerprint density at radius 2 is 2.21 bits per heavy atom. The van der Waals surface area contributed by atoms with Gasteiger partial charge in [-0.1, -0.05) is 6.92 Å². The third-order valence-electron chi connectivity index (χ3n) is 2.43. The first kappa shape index (κ1) is 11.9. The maximum atomic E-state index is 11.6. The molecule has 2 N–H and O–H groups in total. The van der Waals surface area contributed by atoms with Gasteiger partial charge >= 0.3 is 0 Å². The molecule has 1 saturated heterocycles. The van der Waals surface area contributed by atoms with Crippen LogP contribution in [-0.2, 0) is 10.2 Å². The molecule has 1 fully saturated rings. The van der Waals surface area contributed by atoms with Crippen molar-refractivity contribution in [1.82, 2.24) is 14.3 Å². The van der Waals surface area contributed by atoms with E-state index in [1.165, 1.54) is 4.31 Å². The van der Waals surface area contributed by atoms with E-state index in [0.29, 0.717) is 25.7 Å². The maximum absolute atomic E-state index is 11.6. The molecule has 1 aliphatic rings. The Morgan fingerprint density at radius 1 is 1.50 bits per heavy atom. The molecule has 1 heterocycles. The highest BCUT2D eigenvalue weighted by Crippen LogP contribution is 2.11. The van der Waals surface area contributed by atoms with Crippen molar-refractivity contribution in [3.05, 3.63) is 0 Å². The van der Waals surface area contributed by atoms with Crippen LogP contribution in [-0.4, -0.2) is 45.4 Å². The lowest BCUT2D eigenvalue weighted by Gasteiger charge is -2.16. The third kappa shape index (κ3) is 2.91. The van der Waals surface area contributed by atoms with E-state index in [-0.39, 0.29) is 0 Å². The number of rotatable bonds is 5. The average molecular weight is 221 g/mol. The van der Waals surface area contributed by atoms with Gasteiger partial charge in [0.1, 0.15) is 0 Å². The van der Waals surface area contributed by atoms with Crippen molar-refractivity contribution in [3.63, 3.8) is 0 Å². The van der Waals surface area contributed by atoms with Crippen molar-refractivity contribution < 1.29 is 8.42 Å². The summed E-state index contributed by atoms with van der Waals surface area (Å²) in [6, 6.07) is 0.299. The summed E-state index contributed by atoms with van der Waals surface area (Å²) in [6.07, 6.45) is 1.71. The van der Waals surface area contributed by atoms with E-state index < -0.39 is 10.2 Å². The minimum atomic E-state index is -3.22. The fourth-order valence-electron chi connectivity index (χ4n) is 1.50. The zero-order valence-corrected chi connectivity index (χ0v) is 9.60. The Labute approximate surface area is 86.0 Å². The fourth-order valence-corrected chi connectivity index (χ4v) is 2.87. The highest BCUT2D eigenvalue weighted by molar-refractivity contribution is 7.87. The number of hydrogen-bond acceptors (Lipinski definition) is 3. The molecule has 0 aromatic rings. The molecule has 0 amide bonds. The minimum Gasteiger partial charge on any atom is -0.316 e. The number of likely N-dealkylation sites (N-methyl/N-ethyl adjacent to an activating group) is 1.